The lowest BCUT2D eigenvalue weighted by Gasteiger charge is -2.10. The van der Waals surface area contributed by atoms with Crippen molar-refractivity contribution >= 4 is 18.3 Å². The molecule has 2 heterocycles. The third-order valence-electron chi connectivity index (χ3n) is 3.06. The van der Waals surface area contributed by atoms with E-state index >= 15 is 0 Å². The minimum absolute atomic E-state index is 0.424. The Hall–Kier alpha value is -2.28. The summed E-state index contributed by atoms with van der Waals surface area (Å²) in [6, 6.07) is 3.87. The lowest BCUT2D eigenvalue weighted by Crippen LogP contribution is -2.13. The second kappa shape index (κ2) is 4.68. The first-order valence-electron chi connectivity index (χ1n) is 5.91. The number of aryl methyl sites for hydroxylation is 1. The molecule has 0 amide bonds. The minimum Gasteiger partial charge on any atom is -0.495 e. The molecule has 102 valence electrons. The van der Waals surface area contributed by atoms with Gasteiger partial charge >= 0.3 is 5.69 Å². The first kappa shape index (κ1) is 12.7. The fraction of sp³-hybridized carbons (Fsp3) is 0.154. The van der Waals surface area contributed by atoms with Gasteiger partial charge in [0.25, 0.3) is 0 Å². The van der Waals surface area contributed by atoms with Crippen LogP contribution in [0.3, 0.4) is 0 Å². The van der Waals surface area contributed by atoms with Crippen molar-refractivity contribution in [1.82, 2.24) is 19.6 Å². The number of imidazole rings is 1. The largest absolute Gasteiger partial charge is 0.495 e. The van der Waals surface area contributed by atoms with E-state index in [0.717, 1.165) is 16.0 Å². The highest BCUT2D eigenvalue weighted by molar-refractivity contribution is 7.80. The third-order valence-corrected chi connectivity index (χ3v) is 3.62. The molecule has 0 saturated heterocycles. The van der Waals surface area contributed by atoms with Gasteiger partial charge in [-0.25, -0.2) is 19.4 Å². The van der Waals surface area contributed by atoms with Crippen molar-refractivity contribution in [2.75, 3.05) is 7.11 Å². The van der Waals surface area contributed by atoms with Gasteiger partial charge in [-0.15, -0.1) is 12.6 Å². The van der Waals surface area contributed by atoms with Crippen LogP contribution in [0, 0.1) is 6.92 Å². The predicted molar refractivity (Wildman–Crippen MR) is 77.6 cm³/mol. The van der Waals surface area contributed by atoms with Crippen LogP contribution in [0.5, 0.6) is 5.75 Å². The SMILES string of the molecule is COc1c(-c2cn3[nH]c(=O)ncc3n2)ccc(C)c1S. The molecule has 1 N–H and O–H groups in total. The zero-order valence-corrected chi connectivity index (χ0v) is 11.8. The van der Waals surface area contributed by atoms with E-state index in [-0.39, 0.29) is 0 Å². The van der Waals surface area contributed by atoms with Crippen LogP contribution in [0.4, 0.5) is 0 Å². The van der Waals surface area contributed by atoms with E-state index in [4.69, 9.17) is 4.74 Å². The molecule has 0 aliphatic heterocycles. The molecule has 2 aromatic heterocycles. The second-order valence-electron chi connectivity index (χ2n) is 4.34. The van der Waals surface area contributed by atoms with Crippen molar-refractivity contribution in [2.24, 2.45) is 0 Å². The number of rotatable bonds is 2. The number of thiol groups is 1. The number of nitrogens with one attached hydrogen (secondary N) is 1. The zero-order valence-electron chi connectivity index (χ0n) is 10.9. The smallest absolute Gasteiger partial charge is 0.360 e. The number of hydrogen-bond donors (Lipinski definition) is 2. The fourth-order valence-corrected chi connectivity index (χ4v) is 2.32. The minimum atomic E-state index is -0.424. The summed E-state index contributed by atoms with van der Waals surface area (Å²) >= 11 is 4.46. The standard InChI is InChI=1S/C13H12N4O2S/c1-7-3-4-8(11(19-2)12(7)20)9-6-17-10(15-9)5-14-13(18)16-17/h3-6,20H,1-2H3,(H,16,18). The summed E-state index contributed by atoms with van der Waals surface area (Å²) < 4.78 is 6.95. The van der Waals surface area contributed by atoms with E-state index in [1.165, 1.54) is 10.7 Å². The first-order chi connectivity index (χ1) is 9.60. The molecule has 3 rings (SSSR count). The summed E-state index contributed by atoms with van der Waals surface area (Å²) in [6.07, 6.45) is 3.14. The Kier molecular flexibility index (Phi) is 2.98. The van der Waals surface area contributed by atoms with Crippen LogP contribution < -0.4 is 10.4 Å². The van der Waals surface area contributed by atoms with E-state index in [2.05, 4.69) is 27.7 Å². The Labute approximate surface area is 119 Å². The lowest BCUT2D eigenvalue weighted by atomic mass is 10.1. The second-order valence-corrected chi connectivity index (χ2v) is 4.79. The average molecular weight is 288 g/mol. The highest BCUT2D eigenvalue weighted by Gasteiger charge is 2.14. The summed E-state index contributed by atoms with van der Waals surface area (Å²) in [5.74, 6) is 0.659. The molecule has 0 spiro atoms. The highest BCUT2D eigenvalue weighted by Crippen LogP contribution is 2.36. The van der Waals surface area contributed by atoms with Crippen molar-refractivity contribution in [1.29, 1.82) is 0 Å². The normalized spacial score (nSPS) is 10.9. The Morgan fingerprint density at radius 2 is 2.20 bits per heavy atom. The van der Waals surface area contributed by atoms with Crippen molar-refractivity contribution in [3.05, 3.63) is 40.6 Å². The van der Waals surface area contributed by atoms with Gasteiger partial charge in [-0.1, -0.05) is 6.07 Å². The van der Waals surface area contributed by atoms with Crippen LogP contribution >= 0.6 is 12.6 Å². The van der Waals surface area contributed by atoms with Gasteiger partial charge in [-0.2, -0.15) is 4.98 Å². The molecule has 0 unspecified atom stereocenters. The number of nitrogens with zero attached hydrogens (tertiary/aromatic N) is 3. The molecule has 0 radical (unpaired) electrons. The van der Waals surface area contributed by atoms with E-state index in [1.807, 2.05) is 19.1 Å². The van der Waals surface area contributed by atoms with Crippen molar-refractivity contribution in [3.63, 3.8) is 0 Å². The Balaban J connectivity index is 2.25. The number of aromatic nitrogens is 4. The van der Waals surface area contributed by atoms with Crippen molar-refractivity contribution in [3.8, 4) is 17.0 Å². The summed E-state index contributed by atoms with van der Waals surface area (Å²) in [7, 11) is 1.59. The van der Waals surface area contributed by atoms with Gasteiger partial charge in [0.2, 0.25) is 0 Å². The number of fused-ring (bicyclic) bond motifs is 1. The van der Waals surface area contributed by atoms with Crippen LogP contribution in [-0.2, 0) is 0 Å². The maximum absolute atomic E-state index is 11.2. The Bertz CT molecular complexity index is 853. The molecule has 0 bridgehead atoms. The van der Waals surface area contributed by atoms with Crippen LogP contribution in [0.25, 0.3) is 16.9 Å². The topological polar surface area (TPSA) is 72.3 Å². The molecular formula is C13H12N4O2S. The molecule has 3 aromatic rings. The summed E-state index contributed by atoms with van der Waals surface area (Å²) in [4.78, 5) is 20.0. The van der Waals surface area contributed by atoms with Crippen LogP contribution in [0.1, 0.15) is 5.56 Å². The number of H-pyrrole nitrogens is 1. The Morgan fingerprint density at radius 3 is 2.95 bits per heavy atom. The molecule has 6 nitrogen and oxygen atoms in total. The van der Waals surface area contributed by atoms with Gasteiger partial charge in [0.05, 0.1) is 25.2 Å². The van der Waals surface area contributed by atoms with Crippen LogP contribution in [0.15, 0.2) is 34.2 Å². The zero-order chi connectivity index (χ0) is 14.3. The predicted octanol–water partition coefficient (Wildman–Crippen LogP) is 1.69. The molecule has 7 heteroatoms. The molecule has 20 heavy (non-hydrogen) atoms. The van der Waals surface area contributed by atoms with E-state index in [0.29, 0.717) is 17.1 Å². The summed E-state index contributed by atoms with van der Waals surface area (Å²) in [5.41, 5.74) is 2.65. The van der Waals surface area contributed by atoms with Gasteiger partial charge in [0.1, 0.15) is 5.75 Å². The monoisotopic (exact) mass is 288 g/mol. The fourth-order valence-electron chi connectivity index (χ4n) is 2.03. The van der Waals surface area contributed by atoms with E-state index < -0.39 is 5.69 Å². The number of benzene rings is 1. The number of aromatic amines is 1. The average Bonchev–Trinajstić information content (AvgIpc) is 2.84. The molecule has 0 saturated carbocycles. The van der Waals surface area contributed by atoms with Crippen LogP contribution in [0.2, 0.25) is 0 Å². The number of hydrogen-bond acceptors (Lipinski definition) is 5. The van der Waals surface area contributed by atoms with Gasteiger partial charge in [-0.05, 0) is 18.6 Å². The van der Waals surface area contributed by atoms with Gasteiger partial charge in [-0.3, -0.25) is 0 Å². The van der Waals surface area contributed by atoms with Crippen molar-refractivity contribution in [2.45, 2.75) is 11.8 Å². The van der Waals surface area contributed by atoms with E-state index in [9.17, 15) is 4.79 Å². The molecular weight excluding hydrogens is 276 g/mol. The van der Waals surface area contributed by atoms with E-state index in [1.54, 1.807) is 13.3 Å². The maximum Gasteiger partial charge on any atom is 0.360 e. The first-order valence-corrected chi connectivity index (χ1v) is 6.36. The Morgan fingerprint density at radius 1 is 1.40 bits per heavy atom. The maximum atomic E-state index is 11.2. The molecule has 1 aromatic carbocycles. The highest BCUT2D eigenvalue weighted by atomic mass is 32.1. The number of methoxy groups -OCH3 is 1. The van der Waals surface area contributed by atoms with Gasteiger partial charge in [0.15, 0.2) is 5.65 Å². The van der Waals surface area contributed by atoms with Gasteiger partial charge in [0, 0.05) is 10.5 Å². The summed E-state index contributed by atoms with van der Waals surface area (Å²) in [6.45, 7) is 1.96. The third kappa shape index (κ3) is 1.96. The molecule has 0 fully saturated rings. The summed E-state index contributed by atoms with van der Waals surface area (Å²) in [5, 5.41) is 2.57. The quantitative estimate of drug-likeness (QED) is 0.704. The van der Waals surface area contributed by atoms with Crippen molar-refractivity contribution < 1.29 is 4.74 Å². The molecule has 0 aliphatic rings. The molecule has 0 aliphatic carbocycles. The lowest BCUT2D eigenvalue weighted by molar-refractivity contribution is 0.406. The molecule has 0 atom stereocenters. The van der Waals surface area contributed by atoms with Crippen LogP contribution in [-0.4, -0.2) is 26.7 Å². The number of ether oxygens (including phenoxy) is 1. The van der Waals surface area contributed by atoms with Gasteiger partial charge < -0.3 is 4.74 Å².